The second-order valence-corrected chi connectivity index (χ2v) is 6.11. The molecule has 2 aliphatic rings. The molecule has 0 aliphatic carbocycles. The van der Waals surface area contributed by atoms with Crippen molar-refractivity contribution in [1.29, 1.82) is 0 Å². The van der Waals surface area contributed by atoms with Gasteiger partial charge in [-0.15, -0.1) is 10.2 Å². The third kappa shape index (κ3) is 2.73. The number of aromatic nitrogens is 3. The zero-order valence-electron chi connectivity index (χ0n) is 12.6. The molecule has 2 aliphatic heterocycles. The van der Waals surface area contributed by atoms with Crippen LogP contribution in [0.25, 0.3) is 0 Å². The molecule has 1 aromatic heterocycles. The molecule has 20 heavy (non-hydrogen) atoms. The van der Waals surface area contributed by atoms with Gasteiger partial charge in [-0.05, 0) is 26.8 Å². The van der Waals surface area contributed by atoms with Crippen molar-refractivity contribution in [3.8, 4) is 0 Å². The highest BCUT2D eigenvalue weighted by Crippen LogP contribution is 2.30. The van der Waals surface area contributed by atoms with Crippen LogP contribution in [0.15, 0.2) is 6.33 Å². The first-order valence-corrected chi connectivity index (χ1v) is 7.55. The van der Waals surface area contributed by atoms with Crippen LogP contribution in [0.1, 0.15) is 18.7 Å². The van der Waals surface area contributed by atoms with E-state index in [2.05, 4.69) is 31.6 Å². The van der Waals surface area contributed by atoms with Crippen molar-refractivity contribution in [3.63, 3.8) is 0 Å². The van der Waals surface area contributed by atoms with Gasteiger partial charge in [0.25, 0.3) is 0 Å². The number of nitrogens with zero attached hydrogens (tertiary/aromatic N) is 5. The van der Waals surface area contributed by atoms with E-state index in [0.717, 1.165) is 64.6 Å². The van der Waals surface area contributed by atoms with Gasteiger partial charge in [0.15, 0.2) is 0 Å². The van der Waals surface area contributed by atoms with E-state index >= 15 is 0 Å². The van der Waals surface area contributed by atoms with Crippen LogP contribution in [0, 0.1) is 6.92 Å². The maximum absolute atomic E-state index is 5.55. The molecular weight excluding hydrogens is 254 g/mol. The topological polar surface area (TPSA) is 46.4 Å². The molecule has 6 heteroatoms. The Morgan fingerprint density at radius 2 is 2.05 bits per heavy atom. The fourth-order valence-corrected chi connectivity index (χ4v) is 3.41. The van der Waals surface area contributed by atoms with Gasteiger partial charge in [-0.25, -0.2) is 0 Å². The number of aryl methyl sites for hydroxylation is 1. The van der Waals surface area contributed by atoms with Gasteiger partial charge >= 0.3 is 0 Å². The van der Waals surface area contributed by atoms with Gasteiger partial charge in [-0.1, -0.05) is 0 Å². The zero-order chi connectivity index (χ0) is 14.0. The summed E-state index contributed by atoms with van der Waals surface area (Å²) in [6.45, 7) is 9.35. The van der Waals surface area contributed by atoms with Crippen molar-refractivity contribution in [2.45, 2.75) is 31.8 Å². The molecule has 2 saturated heterocycles. The lowest BCUT2D eigenvalue weighted by Gasteiger charge is -2.51. The van der Waals surface area contributed by atoms with E-state index < -0.39 is 0 Å². The van der Waals surface area contributed by atoms with Gasteiger partial charge < -0.3 is 9.30 Å². The summed E-state index contributed by atoms with van der Waals surface area (Å²) >= 11 is 0. The molecule has 2 fully saturated rings. The van der Waals surface area contributed by atoms with Crippen LogP contribution < -0.4 is 0 Å². The molecule has 3 rings (SSSR count). The summed E-state index contributed by atoms with van der Waals surface area (Å²) in [5.41, 5.74) is 0.332. The fraction of sp³-hybridized carbons (Fsp3) is 0.857. The van der Waals surface area contributed by atoms with Crippen LogP contribution in [0.4, 0.5) is 0 Å². The van der Waals surface area contributed by atoms with E-state index in [-0.39, 0.29) is 0 Å². The van der Waals surface area contributed by atoms with Crippen LogP contribution in [0.3, 0.4) is 0 Å². The average molecular weight is 279 g/mol. The number of hydrogen-bond acceptors (Lipinski definition) is 5. The summed E-state index contributed by atoms with van der Waals surface area (Å²) < 4.78 is 7.68. The minimum absolute atomic E-state index is 0.332. The summed E-state index contributed by atoms with van der Waals surface area (Å²) in [7, 11) is 2.27. The molecule has 0 unspecified atom stereocenters. The molecule has 0 atom stereocenters. The molecule has 3 heterocycles. The van der Waals surface area contributed by atoms with Crippen molar-refractivity contribution in [2.75, 3.05) is 46.4 Å². The maximum atomic E-state index is 5.55. The lowest BCUT2D eigenvalue weighted by atomic mass is 9.86. The first-order chi connectivity index (χ1) is 9.70. The van der Waals surface area contributed by atoms with Crippen molar-refractivity contribution < 1.29 is 4.74 Å². The summed E-state index contributed by atoms with van der Waals surface area (Å²) in [4.78, 5) is 5.14. The van der Waals surface area contributed by atoms with Crippen LogP contribution >= 0.6 is 0 Å². The standard InChI is InChI=1S/C14H25N5O/c1-13-16-15-12-19(13)8-7-18-6-5-17(2)14(11-18)3-9-20-10-4-14/h12H,3-11H2,1-2H3. The molecule has 1 aromatic rings. The molecule has 1 spiro atoms. The van der Waals surface area contributed by atoms with E-state index in [1.54, 1.807) is 0 Å². The van der Waals surface area contributed by atoms with Crippen LogP contribution in [0.5, 0.6) is 0 Å². The Bertz CT molecular complexity index is 441. The number of ether oxygens (including phenoxy) is 1. The molecule has 0 amide bonds. The predicted molar refractivity (Wildman–Crippen MR) is 76.6 cm³/mol. The fourth-order valence-electron chi connectivity index (χ4n) is 3.41. The maximum Gasteiger partial charge on any atom is 0.129 e. The molecule has 0 bridgehead atoms. The normalized spacial score (nSPS) is 24.3. The minimum atomic E-state index is 0.332. The van der Waals surface area contributed by atoms with Crippen LogP contribution in [-0.2, 0) is 11.3 Å². The Hall–Kier alpha value is -0.980. The number of hydrogen-bond donors (Lipinski definition) is 0. The van der Waals surface area contributed by atoms with Gasteiger partial charge in [0, 0.05) is 51.5 Å². The Morgan fingerprint density at radius 1 is 1.25 bits per heavy atom. The first kappa shape index (κ1) is 14.0. The van der Waals surface area contributed by atoms with Crippen molar-refractivity contribution in [1.82, 2.24) is 24.6 Å². The number of likely N-dealkylation sites (N-methyl/N-ethyl adjacent to an activating group) is 1. The highest BCUT2D eigenvalue weighted by atomic mass is 16.5. The third-order valence-corrected chi connectivity index (χ3v) is 4.97. The number of piperazine rings is 1. The minimum Gasteiger partial charge on any atom is -0.381 e. The van der Waals surface area contributed by atoms with Gasteiger partial charge in [0.1, 0.15) is 12.2 Å². The predicted octanol–water partition coefficient (Wildman–Crippen LogP) is 0.383. The van der Waals surface area contributed by atoms with E-state index in [1.807, 2.05) is 13.3 Å². The van der Waals surface area contributed by atoms with Crippen molar-refractivity contribution >= 4 is 0 Å². The van der Waals surface area contributed by atoms with Gasteiger partial charge in [-0.3, -0.25) is 9.80 Å². The van der Waals surface area contributed by atoms with Crippen molar-refractivity contribution in [2.24, 2.45) is 0 Å². The van der Waals surface area contributed by atoms with Gasteiger partial charge in [-0.2, -0.15) is 0 Å². The van der Waals surface area contributed by atoms with Crippen LogP contribution in [0.2, 0.25) is 0 Å². The Labute approximate surface area is 120 Å². The summed E-state index contributed by atoms with van der Waals surface area (Å²) in [6, 6.07) is 0. The largest absolute Gasteiger partial charge is 0.381 e. The Balaban J connectivity index is 1.59. The molecule has 0 N–H and O–H groups in total. The molecule has 0 radical (unpaired) electrons. The lowest BCUT2D eigenvalue weighted by Crippen LogP contribution is -2.63. The van der Waals surface area contributed by atoms with Gasteiger partial charge in [0.2, 0.25) is 0 Å². The summed E-state index contributed by atoms with van der Waals surface area (Å²) in [5.74, 6) is 1.000. The third-order valence-electron chi connectivity index (χ3n) is 4.97. The molecular formula is C14H25N5O. The van der Waals surface area contributed by atoms with E-state index in [1.165, 1.54) is 0 Å². The zero-order valence-corrected chi connectivity index (χ0v) is 12.6. The Kier molecular flexibility index (Phi) is 4.05. The van der Waals surface area contributed by atoms with Crippen molar-refractivity contribution in [3.05, 3.63) is 12.2 Å². The smallest absolute Gasteiger partial charge is 0.129 e. The second-order valence-electron chi connectivity index (χ2n) is 6.11. The monoisotopic (exact) mass is 279 g/mol. The van der Waals surface area contributed by atoms with Gasteiger partial charge in [0.05, 0.1) is 0 Å². The highest BCUT2D eigenvalue weighted by molar-refractivity contribution is 4.97. The van der Waals surface area contributed by atoms with Crippen LogP contribution in [-0.4, -0.2) is 76.5 Å². The highest BCUT2D eigenvalue weighted by Gasteiger charge is 2.40. The summed E-state index contributed by atoms with van der Waals surface area (Å²) in [6.07, 6.45) is 4.15. The van der Waals surface area contributed by atoms with E-state index in [9.17, 15) is 0 Å². The molecule has 0 saturated carbocycles. The number of rotatable bonds is 3. The summed E-state index contributed by atoms with van der Waals surface area (Å²) in [5, 5.41) is 8.00. The lowest BCUT2D eigenvalue weighted by molar-refractivity contribution is -0.0611. The average Bonchev–Trinajstić information content (AvgIpc) is 2.87. The van der Waals surface area contributed by atoms with E-state index in [0.29, 0.717) is 5.54 Å². The molecule has 6 nitrogen and oxygen atoms in total. The molecule has 112 valence electrons. The molecule has 0 aromatic carbocycles. The second kappa shape index (κ2) is 5.79. The first-order valence-electron chi connectivity index (χ1n) is 7.55. The van der Waals surface area contributed by atoms with E-state index in [4.69, 9.17) is 4.74 Å². The Morgan fingerprint density at radius 3 is 2.75 bits per heavy atom. The quantitative estimate of drug-likeness (QED) is 0.800. The SMILES string of the molecule is Cc1nncn1CCN1CCN(C)C2(CCOCC2)C1.